The number of carbonyl (C=O) groups excluding carboxylic acids is 1. The summed E-state index contributed by atoms with van der Waals surface area (Å²) in [5.74, 6) is 0.417. The number of halogens is 2. The van der Waals surface area contributed by atoms with E-state index < -0.39 is 12.0 Å². The van der Waals surface area contributed by atoms with Gasteiger partial charge in [-0.15, -0.1) is 0 Å². The number of carbonyl (C=O) groups is 1. The molecular weight excluding hydrogens is 455 g/mol. The van der Waals surface area contributed by atoms with Crippen LogP contribution in [0.3, 0.4) is 0 Å². The third-order valence-corrected chi connectivity index (χ3v) is 5.35. The molecule has 172 valence electrons. The van der Waals surface area contributed by atoms with Crippen molar-refractivity contribution in [3.63, 3.8) is 0 Å². The van der Waals surface area contributed by atoms with Crippen LogP contribution < -0.4 is 14.9 Å². The topological polar surface area (TPSA) is 59.9 Å². The molecule has 0 radical (unpaired) electrons. The lowest BCUT2D eigenvalue weighted by molar-refractivity contribution is -0.127. The highest BCUT2D eigenvalue weighted by molar-refractivity contribution is 6.30. The third-order valence-electron chi connectivity index (χ3n) is 5.10. The summed E-state index contributed by atoms with van der Waals surface area (Å²) in [6, 6.07) is 24.5. The minimum Gasteiger partial charge on any atom is -0.488 e. The molecule has 34 heavy (non-hydrogen) atoms. The predicted molar refractivity (Wildman–Crippen MR) is 132 cm³/mol. The second-order valence-corrected chi connectivity index (χ2v) is 8.00. The predicted octanol–water partition coefficient (Wildman–Crippen LogP) is 6.13. The van der Waals surface area contributed by atoms with Crippen molar-refractivity contribution in [1.82, 2.24) is 5.43 Å². The average molecular weight is 477 g/mol. The SMILES string of the molecule is CC(Oc1ccc(Cl)cc1)C(=O)N/N=C/c1c(OCc2ccc(F)cc2)ccc2ccccc12. The second-order valence-electron chi connectivity index (χ2n) is 7.56. The van der Waals surface area contributed by atoms with Gasteiger partial charge in [-0.2, -0.15) is 5.10 Å². The van der Waals surface area contributed by atoms with Crippen LogP contribution >= 0.6 is 11.6 Å². The van der Waals surface area contributed by atoms with Gasteiger partial charge in [0.1, 0.15) is 23.9 Å². The second kappa shape index (κ2) is 10.8. The number of ether oxygens (including phenoxy) is 2. The first-order valence-corrected chi connectivity index (χ1v) is 11.0. The highest BCUT2D eigenvalue weighted by Gasteiger charge is 2.14. The molecular formula is C27H22ClFN2O3. The summed E-state index contributed by atoms with van der Waals surface area (Å²) in [6.45, 7) is 1.90. The molecule has 0 bridgehead atoms. The number of nitrogens with zero attached hydrogens (tertiary/aromatic N) is 1. The van der Waals surface area contributed by atoms with Crippen LogP contribution in [0, 0.1) is 5.82 Å². The van der Waals surface area contributed by atoms with E-state index in [1.807, 2.05) is 36.4 Å². The summed E-state index contributed by atoms with van der Waals surface area (Å²) in [5, 5.41) is 6.65. The van der Waals surface area contributed by atoms with Crippen molar-refractivity contribution < 1.29 is 18.7 Å². The van der Waals surface area contributed by atoms with Crippen LogP contribution in [0.1, 0.15) is 18.1 Å². The average Bonchev–Trinajstić information content (AvgIpc) is 2.85. The van der Waals surface area contributed by atoms with Gasteiger partial charge in [0, 0.05) is 10.6 Å². The summed E-state index contributed by atoms with van der Waals surface area (Å²) in [4.78, 5) is 12.5. The summed E-state index contributed by atoms with van der Waals surface area (Å²) < 4.78 is 24.8. The molecule has 0 aliphatic rings. The van der Waals surface area contributed by atoms with Gasteiger partial charge in [0.2, 0.25) is 0 Å². The van der Waals surface area contributed by atoms with E-state index in [2.05, 4.69) is 10.5 Å². The molecule has 0 aliphatic carbocycles. The Kier molecular flexibility index (Phi) is 7.40. The molecule has 4 aromatic carbocycles. The molecule has 0 fully saturated rings. The van der Waals surface area contributed by atoms with Gasteiger partial charge in [0.15, 0.2) is 6.10 Å². The minimum atomic E-state index is -0.764. The molecule has 4 rings (SSSR count). The first-order valence-electron chi connectivity index (χ1n) is 10.6. The summed E-state index contributed by atoms with van der Waals surface area (Å²) >= 11 is 5.88. The zero-order chi connectivity index (χ0) is 23.9. The van der Waals surface area contributed by atoms with E-state index in [0.717, 1.165) is 16.3 Å². The Bertz CT molecular complexity index is 1310. The molecule has 0 saturated carbocycles. The van der Waals surface area contributed by atoms with Gasteiger partial charge in [-0.3, -0.25) is 4.79 Å². The van der Waals surface area contributed by atoms with E-state index in [4.69, 9.17) is 21.1 Å². The van der Waals surface area contributed by atoms with Crippen LogP contribution in [0.15, 0.2) is 90.0 Å². The summed E-state index contributed by atoms with van der Waals surface area (Å²) in [5.41, 5.74) is 4.06. The Hall–Kier alpha value is -3.90. The van der Waals surface area contributed by atoms with Gasteiger partial charge >= 0.3 is 0 Å². The van der Waals surface area contributed by atoms with Crippen LogP contribution in [-0.4, -0.2) is 18.2 Å². The Balaban J connectivity index is 1.48. The highest BCUT2D eigenvalue weighted by Crippen LogP contribution is 2.27. The summed E-state index contributed by atoms with van der Waals surface area (Å²) in [7, 11) is 0. The van der Waals surface area contributed by atoms with Crippen molar-refractivity contribution in [2.45, 2.75) is 19.6 Å². The first kappa shape index (κ1) is 23.3. The largest absolute Gasteiger partial charge is 0.488 e. The lowest BCUT2D eigenvalue weighted by Crippen LogP contribution is -2.33. The molecule has 0 aliphatic heterocycles. The fourth-order valence-corrected chi connectivity index (χ4v) is 3.42. The molecule has 1 atom stereocenters. The van der Waals surface area contributed by atoms with Gasteiger partial charge in [-0.25, -0.2) is 9.82 Å². The molecule has 0 aromatic heterocycles. The van der Waals surface area contributed by atoms with Gasteiger partial charge in [-0.05, 0) is 65.7 Å². The van der Waals surface area contributed by atoms with Crippen LogP contribution in [0.5, 0.6) is 11.5 Å². The van der Waals surface area contributed by atoms with Gasteiger partial charge < -0.3 is 9.47 Å². The van der Waals surface area contributed by atoms with Gasteiger partial charge in [-0.1, -0.05) is 54.1 Å². The normalized spacial score (nSPS) is 12.0. The van der Waals surface area contributed by atoms with E-state index in [1.54, 1.807) is 49.5 Å². The van der Waals surface area contributed by atoms with Crippen LogP contribution in [0.4, 0.5) is 4.39 Å². The maximum atomic E-state index is 13.2. The Labute approximate surface area is 201 Å². The lowest BCUT2D eigenvalue weighted by atomic mass is 10.0. The fraction of sp³-hybridized carbons (Fsp3) is 0.111. The fourth-order valence-electron chi connectivity index (χ4n) is 3.30. The number of nitrogens with one attached hydrogen (secondary N) is 1. The zero-order valence-corrected chi connectivity index (χ0v) is 19.1. The molecule has 1 amide bonds. The standard InChI is InChI=1S/C27H22ClFN2O3/c1-18(34-23-13-9-21(28)10-14-23)27(32)31-30-16-25-24-5-3-2-4-20(24)8-15-26(25)33-17-19-6-11-22(29)12-7-19/h2-16,18H,17H2,1H3,(H,31,32)/b30-16+. The zero-order valence-electron chi connectivity index (χ0n) is 18.4. The maximum Gasteiger partial charge on any atom is 0.280 e. The maximum absolute atomic E-state index is 13.2. The molecule has 0 saturated heterocycles. The van der Waals surface area contributed by atoms with E-state index in [0.29, 0.717) is 22.1 Å². The van der Waals surface area contributed by atoms with Crippen LogP contribution in [-0.2, 0) is 11.4 Å². The van der Waals surface area contributed by atoms with E-state index in [9.17, 15) is 9.18 Å². The molecule has 7 heteroatoms. The van der Waals surface area contributed by atoms with Crippen molar-refractivity contribution in [2.24, 2.45) is 5.10 Å². The molecule has 4 aromatic rings. The number of hydrogen-bond donors (Lipinski definition) is 1. The van der Waals surface area contributed by atoms with E-state index >= 15 is 0 Å². The lowest BCUT2D eigenvalue weighted by Gasteiger charge is -2.13. The molecule has 1 N–H and O–H groups in total. The molecule has 5 nitrogen and oxygen atoms in total. The van der Waals surface area contributed by atoms with Crippen LogP contribution in [0.2, 0.25) is 5.02 Å². The van der Waals surface area contributed by atoms with Gasteiger partial charge in [0.25, 0.3) is 5.91 Å². The smallest absolute Gasteiger partial charge is 0.280 e. The number of fused-ring (bicyclic) bond motifs is 1. The van der Waals surface area contributed by atoms with Crippen molar-refractivity contribution in [3.05, 3.63) is 107 Å². The van der Waals surface area contributed by atoms with Crippen molar-refractivity contribution in [2.75, 3.05) is 0 Å². The van der Waals surface area contributed by atoms with E-state index in [-0.39, 0.29) is 12.4 Å². The first-order chi connectivity index (χ1) is 16.5. The number of rotatable bonds is 8. The number of hydrogen-bond acceptors (Lipinski definition) is 4. The van der Waals surface area contributed by atoms with Crippen molar-refractivity contribution in [1.29, 1.82) is 0 Å². The number of amides is 1. The number of benzene rings is 4. The quantitative estimate of drug-likeness (QED) is 0.246. The van der Waals surface area contributed by atoms with Crippen molar-refractivity contribution >= 4 is 34.5 Å². The Morgan fingerprint density at radius 1 is 1.03 bits per heavy atom. The van der Waals surface area contributed by atoms with Crippen molar-refractivity contribution in [3.8, 4) is 11.5 Å². The van der Waals surface area contributed by atoms with E-state index in [1.165, 1.54) is 12.1 Å². The third kappa shape index (κ3) is 5.91. The Morgan fingerprint density at radius 3 is 2.53 bits per heavy atom. The summed E-state index contributed by atoms with van der Waals surface area (Å²) in [6.07, 6.45) is 0.787. The van der Waals surface area contributed by atoms with Crippen LogP contribution in [0.25, 0.3) is 10.8 Å². The molecule has 1 unspecified atom stereocenters. The molecule has 0 heterocycles. The monoisotopic (exact) mass is 476 g/mol. The Morgan fingerprint density at radius 2 is 1.76 bits per heavy atom. The number of hydrazone groups is 1. The molecule has 0 spiro atoms. The minimum absolute atomic E-state index is 0.262. The highest BCUT2D eigenvalue weighted by atomic mass is 35.5. The van der Waals surface area contributed by atoms with Gasteiger partial charge in [0.05, 0.1) is 6.21 Å².